The molecule has 2 aliphatic heterocycles. The highest BCUT2D eigenvalue weighted by Crippen LogP contribution is 2.26. The molecule has 25 heavy (non-hydrogen) atoms. The molecule has 138 valence electrons. The van der Waals surface area contributed by atoms with Crippen molar-refractivity contribution in [1.82, 2.24) is 29.9 Å². The van der Waals surface area contributed by atoms with Crippen molar-refractivity contribution >= 4 is 11.9 Å². The lowest BCUT2D eigenvalue weighted by atomic mass is 9.97. The maximum atomic E-state index is 12.2. The van der Waals surface area contributed by atoms with Crippen LogP contribution in [-0.4, -0.2) is 69.2 Å². The predicted octanol–water partition coefficient (Wildman–Crippen LogP) is -0.215. The Balaban J connectivity index is 1.62. The Labute approximate surface area is 147 Å². The molecular weight excluding hydrogens is 322 g/mol. The lowest BCUT2D eigenvalue weighted by Crippen LogP contribution is -2.45. The lowest BCUT2D eigenvalue weighted by Gasteiger charge is -2.32. The van der Waals surface area contributed by atoms with Gasteiger partial charge in [0.25, 0.3) is 0 Å². The van der Waals surface area contributed by atoms with E-state index in [0.717, 1.165) is 44.1 Å². The van der Waals surface area contributed by atoms with Gasteiger partial charge >= 0.3 is 6.03 Å². The summed E-state index contributed by atoms with van der Waals surface area (Å²) in [5.41, 5.74) is 5.03. The molecule has 1 atom stereocenters. The van der Waals surface area contributed by atoms with Crippen molar-refractivity contribution < 1.29 is 9.59 Å². The van der Waals surface area contributed by atoms with Crippen molar-refractivity contribution in [3.05, 3.63) is 11.6 Å². The number of hydrogen-bond acceptors (Lipinski definition) is 5. The number of rotatable bonds is 5. The van der Waals surface area contributed by atoms with Crippen molar-refractivity contribution in [2.24, 2.45) is 12.8 Å². The molecule has 2 aliphatic rings. The Hall–Kier alpha value is -2.16. The molecule has 1 aromatic heterocycles. The standard InChI is InChI=1S/C16H27N7O2/c1-21-13(11-22-6-2-3-7-22)19-20-15(21)12-5-4-8-23(10-12)14(24)9-18-16(17)25/h12H,2-11H2,1H3,(H3,17,18,25). The first-order valence-electron chi connectivity index (χ1n) is 8.96. The summed E-state index contributed by atoms with van der Waals surface area (Å²) in [6, 6.07) is -0.679. The van der Waals surface area contributed by atoms with E-state index in [1.165, 1.54) is 12.8 Å². The van der Waals surface area contributed by atoms with E-state index in [0.29, 0.717) is 13.1 Å². The van der Waals surface area contributed by atoms with Crippen LogP contribution in [0.5, 0.6) is 0 Å². The van der Waals surface area contributed by atoms with Crippen LogP contribution in [-0.2, 0) is 18.4 Å². The molecule has 3 amide bonds. The molecule has 9 heteroatoms. The second-order valence-electron chi connectivity index (χ2n) is 6.91. The minimum Gasteiger partial charge on any atom is -0.352 e. The van der Waals surface area contributed by atoms with Gasteiger partial charge in [-0.15, -0.1) is 10.2 Å². The first-order valence-corrected chi connectivity index (χ1v) is 8.96. The van der Waals surface area contributed by atoms with Crippen LogP contribution in [0.1, 0.15) is 43.3 Å². The molecule has 0 radical (unpaired) electrons. The third-order valence-electron chi connectivity index (χ3n) is 5.12. The van der Waals surface area contributed by atoms with Crippen LogP contribution in [0, 0.1) is 0 Å². The van der Waals surface area contributed by atoms with Crippen molar-refractivity contribution in [1.29, 1.82) is 0 Å². The number of carbonyl (C=O) groups is 2. The molecule has 0 bridgehead atoms. The van der Waals surface area contributed by atoms with Crippen LogP contribution < -0.4 is 11.1 Å². The summed E-state index contributed by atoms with van der Waals surface area (Å²) in [5, 5.41) is 11.1. The molecule has 0 saturated carbocycles. The Morgan fingerprint density at radius 3 is 2.68 bits per heavy atom. The molecule has 1 aromatic rings. The van der Waals surface area contributed by atoms with E-state index in [9.17, 15) is 9.59 Å². The van der Waals surface area contributed by atoms with Crippen molar-refractivity contribution in [3.63, 3.8) is 0 Å². The Morgan fingerprint density at radius 2 is 1.96 bits per heavy atom. The summed E-state index contributed by atoms with van der Waals surface area (Å²) in [6.45, 7) is 4.34. The summed E-state index contributed by atoms with van der Waals surface area (Å²) in [4.78, 5) is 27.2. The van der Waals surface area contributed by atoms with Gasteiger partial charge in [-0.1, -0.05) is 0 Å². The Bertz CT molecular complexity index is 624. The van der Waals surface area contributed by atoms with E-state index in [1.807, 2.05) is 7.05 Å². The van der Waals surface area contributed by atoms with Crippen LogP contribution in [0.15, 0.2) is 0 Å². The highest BCUT2D eigenvalue weighted by molar-refractivity contribution is 5.83. The monoisotopic (exact) mass is 349 g/mol. The number of nitrogens with zero attached hydrogens (tertiary/aromatic N) is 5. The average Bonchev–Trinajstić information content (AvgIpc) is 3.24. The normalized spacial score (nSPS) is 21.5. The highest BCUT2D eigenvalue weighted by atomic mass is 16.2. The van der Waals surface area contributed by atoms with Gasteiger partial charge < -0.3 is 20.5 Å². The first-order chi connectivity index (χ1) is 12.0. The average molecular weight is 349 g/mol. The predicted molar refractivity (Wildman–Crippen MR) is 91.7 cm³/mol. The summed E-state index contributed by atoms with van der Waals surface area (Å²) >= 11 is 0. The highest BCUT2D eigenvalue weighted by Gasteiger charge is 2.28. The van der Waals surface area contributed by atoms with Gasteiger partial charge in [-0.2, -0.15) is 0 Å². The van der Waals surface area contributed by atoms with Gasteiger partial charge in [0.2, 0.25) is 5.91 Å². The number of primary amides is 1. The number of carbonyl (C=O) groups excluding carboxylic acids is 2. The molecule has 3 rings (SSSR count). The molecule has 0 aromatic carbocycles. The molecule has 2 fully saturated rings. The third-order valence-corrected chi connectivity index (χ3v) is 5.12. The second-order valence-corrected chi connectivity index (χ2v) is 6.91. The van der Waals surface area contributed by atoms with Crippen LogP contribution in [0.2, 0.25) is 0 Å². The molecule has 1 unspecified atom stereocenters. The number of hydrogen-bond donors (Lipinski definition) is 2. The van der Waals surface area contributed by atoms with E-state index >= 15 is 0 Å². The lowest BCUT2D eigenvalue weighted by molar-refractivity contribution is -0.131. The van der Waals surface area contributed by atoms with Crippen molar-refractivity contribution in [3.8, 4) is 0 Å². The van der Waals surface area contributed by atoms with E-state index in [4.69, 9.17) is 5.73 Å². The largest absolute Gasteiger partial charge is 0.352 e. The fraction of sp³-hybridized carbons (Fsp3) is 0.750. The number of nitrogens with two attached hydrogens (primary N) is 1. The second kappa shape index (κ2) is 7.81. The molecular formula is C16H27N7O2. The van der Waals surface area contributed by atoms with E-state index in [-0.39, 0.29) is 18.4 Å². The number of amides is 3. The smallest absolute Gasteiger partial charge is 0.312 e. The number of urea groups is 1. The van der Waals surface area contributed by atoms with Crippen LogP contribution in [0.3, 0.4) is 0 Å². The quantitative estimate of drug-likeness (QED) is 0.764. The zero-order valence-corrected chi connectivity index (χ0v) is 14.8. The fourth-order valence-corrected chi connectivity index (χ4v) is 3.70. The Kier molecular flexibility index (Phi) is 5.52. The van der Waals surface area contributed by atoms with Crippen LogP contribution >= 0.6 is 0 Å². The van der Waals surface area contributed by atoms with E-state index in [1.54, 1.807) is 4.90 Å². The maximum Gasteiger partial charge on any atom is 0.312 e. The van der Waals surface area contributed by atoms with Gasteiger partial charge in [-0.05, 0) is 38.8 Å². The first kappa shape index (κ1) is 17.7. The van der Waals surface area contributed by atoms with Gasteiger partial charge in [-0.25, -0.2) is 4.79 Å². The molecule has 3 N–H and O–H groups in total. The van der Waals surface area contributed by atoms with Gasteiger partial charge in [0.1, 0.15) is 11.6 Å². The maximum absolute atomic E-state index is 12.2. The minimum absolute atomic E-state index is 0.0545. The van der Waals surface area contributed by atoms with Crippen LogP contribution in [0.4, 0.5) is 4.79 Å². The van der Waals surface area contributed by atoms with Gasteiger partial charge in [0.15, 0.2) is 0 Å². The topological polar surface area (TPSA) is 109 Å². The van der Waals surface area contributed by atoms with E-state index in [2.05, 4.69) is 25.0 Å². The number of likely N-dealkylation sites (tertiary alicyclic amines) is 2. The number of aromatic nitrogens is 3. The zero-order chi connectivity index (χ0) is 17.8. The van der Waals surface area contributed by atoms with Crippen LogP contribution in [0.25, 0.3) is 0 Å². The molecule has 2 saturated heterocycles. The van der Waals surface area contributed by atoms with E-state index < -0.39 is 6.03 Å². The zero-order valence-electron chi connectivity index (χ0n) is 14.8. The SMILES string of the molecule is Cn1c(CN2CCCC2)nnc1C1CCCN(C(=O)CNC(N)=O)C1. The number of piperidine rings is 1. The summed E-state index contributed by atoms with van der Waals surface area (Å²) in [6.07, 6.45) is 4.41. The Morgan fingerprint density at radius 1 is 1.20 bits per heavy atom. The van der Waals surface area contributed by atoms with Gasteiger partial charge in [-0.3, -0.25) is 9.69 Å². The summed E-state index contributed by atoms with van der Waals surface area (Å²) in [5.74, 6) is 1.99. The molecule has 0 spiro atoms. The third kappa shape index (κ3) is 4.28. The molecule has 9 nitrogen and oxygen atoms in total. The minimum atomic E-state index is -0.679. The number of nitrogens with one attached hydrogen (secondary N) is 1. The molecule has 0 aliphatic carbocycles. The van der Waals surface area contributed by atoms with Crippen molar-refractivity contribution in [2.75, 3.05) is 32.7 Å². The summed E-state index contributed by atoms with van der Waals surface area (Å²) < 4.78 is 2.08. The fourth-order valence-electron chi connectivity index (χ4n) is 3.70. The van der Waals surface area contributed by atoms with Gasteiger partial charge in [0, 0.05) is 26.1 Å². The van der Waals surface area contributed by atoms with Gasteiger partial charge in [0.05, 0.1) is 13.1 Å². The van der Waals surface area contributed by atoms with Crippen molar-refractivity contribution in [2.45, 2.75) is 38.1 Å². The summed E-state index contributed by atoms with van der Waals surface area (Å²) in [7, 11) is 2.01. The molecule has 3 heterocycles.